The van der Waals surface area contributed by atoms with E-state index in [4.69, 9.17) is 5.11 Å². The summed E-state index contributed by atoms with van der Waals surface area (Å²) in [6.45, 7) is 0.00208. The van der Waals surface area contributed by atoms with Gasteiger partial charge < -0.3 is 5.11 Å². The molecule has 0 atom stereocenters. The molecule has 0 aliphatic heterocycles. The predicted octanol–water partition coefficient (Wildman–Crippen LogP) is 3.97. The minimum absolute atomic E-state index is 0.00208. The quantitative estimate of drug-likeness (QED) is 0.240. The third-order valence-corrected chi connectivity index (χ3v) is 2.85. The Balaban J connectivity index is 3.23. The summed E-state index contributed by atoms with van der Waals surface area (Å²) >= 11 is 0. The minimum Gasteiger partial charge on any atom is -0.481 e. The Bertz CT molecular complexity index is 324. The molecule has 20 heavy (non-hydrogen) atoms. The summed E-state index contributed by atoms with van der Waals surface area (Å²) < 4.78 is 0. The van der Waals surface area contributed by atoms with Gasteiger partial charge >= 0.3 is 5.97 Å². The van der Waals surface area contributed by atoms with Crippen LogP contribution < -0.4 is 0 Å². The summed E-state index contributed by atoms with van der Waals surface area (Å²) in [5.41, 5.74) is 0. The highest BCUT2D eigenvalue weighted by atomic mass is 16.6. The molecule has 0 rings (SSSR count). The van der Waals surface area contributed by atoms with Crippen LogP contribution >= 0.6 is 0 Å². The van der Waals surface area contributed by atoms with Gasteiger partial charge in [-0.25, -0.2) is 0 Å². The van der Waals surface area contributed by atoms with Crippen molar-refractivity contribution in [2.24, 2.45) is 0 Å². The normalized spacial score (nSPS) is 11.4. The van der Waals surface area contributed by atoms with E-state index < -0.39 is 5.97 Å². The van der Waals surface area contributed by atoms with E-state index in [1.54, 1.807) is 0 Å². The Morgan fingerprint density at radius 3 is 2.20 bits per heavy atom. The number of rotatable bonds is 13. The van der Waals surface area contributed by atoms with Gasteiger partial charge in [0.1, 0.15) is 0 Å². The fourth-order valence-corrected chi connectivity index (χ4v) is 1.76. The summed E-state index contributed by atoms with van der Waals surface area (Å²) in [6, 6.07) is 0. The lowest BCUT2D eigenvalue weighted by atomic mass is 10.1. The zero-order chi connectivity index (χ0) is 15.1. The first kappa shape index (κ1) is 18.4. The number of carboxylic acids is 1. The van der Waals surface area contributed by atoms with Crippen LogP contribution in [-0.4, -0.2) is 22.5 Å². The third kappa shape index (κ3) is 16.4. The smallest absolute Gasteiger partial charge is 0.303 e. The second-order valence-corrected chi connectivity index (χ2v) is 4.72. The number of allylic oxidation sites excluding steroid dienone is 3. The Morgan fingerprint density at radius 1 is 0.950 bits per heavy atom. The molecular formula is C15H25NO4. The van der Waals surface area contributed by atoms with E-state index in [0.29, 0.717) is 6.42 Å². The molecule has 0 heterocycles. The van der Waals surface area contributed by atoms with E-state index in [-0.39, 0.29) is 17.9 Å². The molecule has 1 N–H and O–H groups in total. The van der Waals surface area contributed by atoms with E-state index in [0.717, 1.165) is 44.9 Å². The third-order valence-electron chi connectivity index (χ3n) is 2.85. The van der Waals surface area contributed by atoms with Crippen molar-refractivity contribution < 1.29 is 14.8 Å². The van der Waals surface area contributed by atoms with Crippen LogP contribution in [0.15, 0.2) is 24.3 Å². The molecule has 0 bridgehead atoms. The monoisotopic (exact) mass is 283 g/mol. The molecule has 5 nitrogen and oxygen atoms in total. The maximum atomic E-state index is 10.3. The molecule has 5 heteroatoms. The van der Waals surface area contributed by atoms with Gasteiger partial charge in [-0.1, -0.05) is 43.6 Å². The average Bonchev–Trinajstić information content (AvgIpc) is 2.38. The average molecular weight is 283 g/mol. The van der Waals surface area contributed by atoms with Gasteiger partial charge in [-0.15, -0.1) is 0 Å². The van der Waals surface area contributed by atoms with Crippen molar-refractivity contribution >= 4 is 5.97 Å². The number of carboxylic acid groups (broad SMARTS) is 1. The van der Waals surface area contributed by atoms with Gasteiger partial charge in [-0.3, -0.25) is 14.9 Å². The van der Waals surface area contributed by atoms with Crippen molar-refractivity contribution in [3.05, 3.63) is 34.4 Å². The van der Waals surface area contributed by atoms with E-state index >= 15 is 0 Å². The van der Waals surface area contributed by atoms with Gasteiger partial charge in [0.15, 0.2) is 0 Å². The number of hydrogen-bond acceptors (Lipinski definition) is 3. The van der Waals surface area contributed by atoms with Crippen molar-refractivity contribution in [2.75, 3.05) is 6.54 Å². The van der Waals surface area contributed by atoms with Crippen LogP contribution in [0.3, 0.4) is 0 Å². The largest absolute Gasteiger partial charge is 0.481 e. The van der Waals surface area contributed by atoms with Crippen molar-refractivity contribution in [2.45, 2.75) is 57.8 Å². The minimum atomic E-state index is -0.709. The van der Waals surface area contributed by atoms with Crippen LogP contribution in [0.2, 0.25) is 0 Å². The zero-order valence-electron chi connectivity index (χ0n) is 12.0. The fraction of sp³-hybridized carbons (Fsp3) is 0.667. The lowest BCUT2D eigenvalue weighted by Gasteiger charge is -1.98. The highest BCUT2D eigenvalue weighted by Crippen LogP contribution is 2.07. The number of nitrogens with zero attached hydrogens (tertiary/aromatic N) is 1. The molecular weight excluding hydrogens is 258 g/mol. The Hall–Kier alpha value is -1.65. The standard InChI is InChI=1S/C15H25NO4/c17-15(18)13-11-9-7-5-3-1-2-4-6-8-10-12-14-16(19)20/h2,4,8,10H,1,3,5-7,9,11-14H2,(H,17,18). The van der Waals surface area contributed by atoms with Gasteiger partial charge in [0, 0.05) is 17.8 Å². The Morgan fingerprint density at radius 2 is 1.55 bits per heavy atom. The van der Waals surface area contributed by atoms with Crippen molar-refractivity contribution in [1.82, 2.24) is 0 Å². The molecule has 0 amide bonds. The van der Waals surface area contributed by atoms with Crippen LogP contribution in [0, 0.1) is 10.1 Å². The Labute approximate surface area is 120 Å². The summed E-state index contributed by atoms with van der Waals surface area (Å²) in [6.07, 6.45) is 15.8. The molecule has 0 aliphatic carbocycles. The highest BCUT2D eigenvalue weighted by molar-refractivity contribution is 5.66. The Kier molecular flexibility index (Phi) is 12.6. The number of hydrogen-bond donors (Lipinski definition) is 1. The van der Waals surface area contributed by atoms with E-state index in [9.17, 15) is 14.9 Å². The molecule has 0 aliphatic rings. The summed E-state index contributed by atoms with van der Waals surface area (Å²) in [5, 5.41) is 18.5. The van der Waals surface area contributed by atoms with Crippen LogP contribution in [-0.2, 0) is 4.79 Å². The molecule has 0 fully saturated rings. The van der Waals surface area contributed by atoms with Crippen molar-refractivity contribution in [1.29, 1.82) is 0 Å². The van der Waals surface area contributed by atoms with Gasteiger partial charge in [0.2, 0.25) is 6.54 Å². The first-order chi connectivity index (χ1) is 9.63. The van der Waals surface area contributed by atoms with Crippen LogP contribution in [0.5, 0.6) is 0 Å². The topological polar surface area (TPSA) is 80.4 Å². The number of nitro groups is 1. The van der Waals surface area contributed by atoms with Crippen LogP contribution in [0.25, 0.3) is 0 Å². The lowest BCUT2D eigenvalue weighted by Crippen LogP contribution is -1.97. The van der Waals surface area contributed by atoms with Crippen molar-refractivity contribution in [3.8, 4) is 0 Å². The molecule has 0 aromatic rings. The molecule has 0 saturated heterocycles. The first-order valence-electron chi connectivity index (χ1n) is 7.26. The number of aliphatic carboxylic acids is 1. The fourth-order valence-electron chi connectivity index (χ4n) is 1.76. The van der Waals surface area contributed by atoms with E-state index in [1.807, 2.05) is 12.2 Å². The van der Waals surface area contributed by atoms with Crippen molar-refractivity contribution in [3.63, 3.8) is 0 Å². The molecule has 0 spiro atoms. The first-order valence-corrected chi connectivity index (χ1v) is 7.26. The SMILES string of the molecule is O=C(O)CCCCCCCC=CCC=CCC[N+](=O)[O-]. The maximum absolute atomic E-state index is 10.3. The molecule has 0 aromatic carbocycles. The van der Waals surface area contributed by atoms with Gasteiger partial charge in [0.05, 0.1) is 0 Å². The van der Waals surface area contributed by atoms with Gasteiger partial charge in [-0.2, -0.15) is 0 Å². The summed E-state index contributed by atoms with van der Waals surface area (Å²) in [5.74, 6) is -0.709. The van der Waals surface area contributed by atoms with Crippen LogP contribution in [0.1, 0.15) is 57.8 Å². The highest BCUT2D eigenvalue weighted by Gasteiger charge is 1.95. The zero-order valence-corrected chi connectivity index (χ0v) is 12.0. The maximum Gasteiger partial charge on any atom is 0.303 e. The molecule has 0 unspecified atom stereocenters. The molecule has 0 saturated carbocycles. The second-order valence-electron chi connectivity index (χ2n) is 4.72. The predicted molar refractivity (Wildman–Crippen MR) is 79.3 cm³/mol. The summed E-state index contributed by atoms with van der Waals surface area (Å²) in [4.78, 5) is 20.0. The molecule has 0 radical (unpaired) electrons. The van der Waals surface area contributed by atoms with E-state index in [2.05, 4.69) is 12.2 Å². The number of unbranched alkanes of at least 4 members (excludes halogenated alkanes) is 5. The molecule has 0 aromatic heterocycles. The van der Waals surface area contributed by atoms with Crippen LogP contribution in [0.4, 0.5) is 0 Å². The van der Waals surface area contributed by atoms with Gasteiger partial charge in [-0.05, 0) is 25.7 Å². The second kappa shape index (κ2) is 13.8. The van der Waals surface area contributed by atoms with E-state index in [1.165, 1.54) is 0 Å². The molecule has 114 valence electrons. The van der Waals surface area contributed by atoms with Gasteiger partial charge in [0.25, 0.3) is 0 Å². The lowest BCUT2D eigenvalue weighted by molar-refractivity contribution is -0.478. The number of carbonyl (C=O) groups is 1. The summed E-state index contributed by atoms with van der Waals surface area (Å²) in [7, 11) is 0.